The molecule has 1 fully saturated rings. The maximum absolute atomic E-state index is 5.45. The summed E-state index contributed by atoms with van der Waals surface area (Å²) in [4.78, 5) is 2.41. The fourth-order valence-electron chi connectivity index (χ4n) is 7.65. The van der Waals surface area contributed by atoms with E-state index in [-0.39, 0.29) is 0 Å². The first-order valence-corrected chi connectivity index (χ1v) is 17.2. The molecule has 0 unspecified atom stereocenters. The van der Waals surface area contributed by atoms with Gasteiger partial charge in [-0.15, -0.1) is 0 Å². The summed E-state index contributed by atoms with van der Waals surface area (Å²) < 4.78 is 2.25. The molecule has 1 aliphatic carbocycles. The van der Waals surface area contributed by atoms with Crippen molar-refractivity contribution >= 4 is 54.9 Å². The van der Waals surface area contributed by atoms with E-state index >= 15 is 0 Å². The van der Waals surface area contributed by atoms with Gasteiger partial charge in [0.1, 0.15) is 5.69 Å². The molecule has 1 saturated carbocycles. The summed E-state index contributed by atoms with van der Waals surface area (Å²) in [5.74, 6) is 0.556. The number of rotatable bonds is 6. The van der Waals surface area contributed by atoms with E-state index in [1.165, 1.54) is 67.5 Å². The zero-order valence-corrected chi connectivity index (χ0v) is 27.0. The van der Waals surface area contributed by atoms with Crippen molar-refractivity contribution in [2.75, 3.05) is 4.90 Å². The minimum absolute atomic E-state index is 0.556. The second-order valence-electron chi connectivity index (χ2n) is 13.2. The highest BCUT2D eigenvalue weighted by atomic mass is 15.2. The van der Waals surface area contributed by atoms with E-state index in [4.69, 9.17) is 5.10 Å². The third kappa shape index (κ3) is 4.62. The number of pyridine rings is 1. The Bertz CT molecular complexity index is 2580. The van der Waals surface area contributed by atoms with Gasteiger partial charge in [-0.3, -0.25) is 0 Å². The fraction of sp³-hybridized carbons (Fsp3) is 0.0652. The third-order valence-corrected chi connectivity index (χ3v) is 10.1. The van der Waals surface area contributed by atoms with E-state index in [0.29, 0.717) is 5.92 Å². The molecular weight excluding hydrogens is 595 g/mol. The smallest absolute Gasteiger partial charge is 0.101 e. The van der Waals surface area contributed by atoms with Crippen molar-refractivity contribution in [2.45, 2.75) is 18.8 Å². The van der Waals surface area contributed by atoms with Crippen LogP contribution in [0.25, 0.3) is 60.2 Å². The fourth-order valence-corrected chi connectivity index (χ4v) is 7.65. The van der Waals surface area contributed by atoms with Crippen molar-refractivity contribution in [1.82, 2.24) is 9.61 Å². The average molecular weight is 628 g/mol. The summed E-state index contributed by atoms with van der Waals surface area (Å²) in [6.45, 7) is 0. The number of anilines is 3. The first kappa shape index (κ1) is 27.9. The van der Waals surface area contributed by atoms with Crippen LogP contribution in [-0.4, -0.2) is 9.61 Å². The summed E-state index contributed by atoms with van der Waals surface area (Å²) in [6, 6.07) is 61.4. The molecule has 1 aliphatic rings. The summed E-state index contributed by atoms with van der Waals surface area (Å²) >= 11 is 0. The van der Waals surface area contributed by atoms with Crippen LogP contribution < -0.4 is 4.90 Å². The van der Waals surface area contributed by atoms with Gasteiger partial charge in [-0.25, -0.2) is 4.52 Å². The number of benzene rings is 7. The number of aromatic nitrogens is 2. The lowest BCUT2D eigenvalue weighted by atomic mass is 9.97. The Morgan fingerprint density at radius 2 is 1.04 bits per heavy atom. The van der Waals surface area contributed by atoms with E-state index in [9.17, 15) is 0 Å². The van der Waals surface area contributed by atoms with Gasteiger partial charge < -0.3 is 4.90 Å². The van der Waals surface area contributed by atoms with Gasteiger partial charge in [-0.1, -0.05) is 140 Å². The third-order valence-electron chi connectivity index (χ3n) is 10.1. The van der Waals surface area contributed by atoms with Crippen LogP contribution in [0.2, 0.25) is 0 Å². The largest absolute Gasteiger partial charge is 0.309 e. The van der Waals surface area contributed by atoms with Crippen LogP contribution in [0.1, 0.15) is 24.5 Å². The average Bonchev–Trinajstić information content (AvgIpc) is 3.94. The van der Waals surface area contributed by atoms with Crippen molar-refractivity contribution in [3.63, 3.8) is 0 Å². The molecule has 9 aromatic rings. The van der Waals surface area contributed by atoms with Gasteiger partial charge >= 0.3 is 0 Å². The predicted octanol–water partition coefficient (Wildman–Crippen LogP) is 12.5. The molecule has 0 aliphatic heterocycles. The lowest BCUT2D eigenvalue weighted by Gasteiger charge is -2.28. The number of nitrogens with zero attached hydrogens (tertiary/aromatic N) is 3. The van der Waals surface area contributed by atoms with Gasteiger partial charge in [0.15, 0.2) is 0 Å². The van der Waals surface area contributed by atoms with Gasteiger partial charge in [0.2, 0.25) is 0 Å². The number of hydrogen-bond acceptors (Lipinski definition) is 2. The van der Waals surface area contributed by atoms with Crippen molar-refractivity contribution in [1.29, 1.82) is 0 Å². The van der Waals surface area contributed by atoms with Crippen LogP contribution in [0.3, 0.4) is 0 Å². The highest BCUT2D eigenvalue weighted by Gasteiger charge is 2.29. The van der Waals surface area contributed by atoms with E-state index in [1.807, 2.05) is 0 Å². The van der Waals surface area contributed by atoms with Crippen LogP contribution in [0.5, 0.6) is 0 Å². The van der Waals surface area contributed by atoms with E-state index in [0.717, 1.165) is 28.3 Å². The van der Waals surface area contributed by atoms with Gasteiger partial charge in [-0.2, -0.15) is 5.10 Å². The molecule has 2 aromatic heterocycles. The van der Waals surface area contributed by atoms with E-state index in [2.05, 4.69) is 179 Å². The Kier molecular flexibility index (Phi) is 6.38. The molecule has 2 heterocycles. The Labute approximate surface area is 285 Å². The van der Waals surface area contributed by atoms with Crippen LogP contribution in [0.4, 0.5) is 17.1 Å². The zero-order chi connectivity index (χ0) is 32.3. The van der Waals surface area contributed by atoms with Crippen molar-refractivity contribution in [3.8, 4) is 22.4 Å². The highest BCUT2D eigenvalue weighted by Crippen LogP contribution is 2.46. The van der Waals surface area contributed by atoms with Gasteiger partial charge in [0, 0.05) is 44.6 Å². The number of hydrogen-bond donors (Lipinski definition) is 0. The highest BCUT2D eigenvalue weighted by molar-refractivity contribution is 6.08. The molecule has 10 rings (SSSR count). The molecule has 0 amide bonds. The van der Waals surface area contributed by atoms with Crippen LogP contribution >= 0.6 is 0 Å². The lowest BCUT2D eigenvalue weighted by Crippen LogP contribution is -2.11. The second-order valence-corrected chi connectivity index (χ2v) is 13.2. The minimum atomic E-state index is 0.556. The first-order valence-electron chi connectivity index (χ1n) is 17.2. The molecular formula is C46H33N3. The molecule has 0 atom stereocenters. The van der Waals surface area contributed by atoms with Crippen molar-refractivity contribution in [3.05, 3.63) is 176 Å². The molecule has 7 aromatic carbocycles. The summed E-state index contributed by atoms with van der Waals surface area (Å²) in [6.07, 6.45) is 2.44. The number of fused-ring (bicyclic) bond motifs is 5. The second kappa shape index (κ2) is 11.2. The summed E-state index contributed by atoms with van der Waals surface area (Å²) in [7, 11) is 0. The monoisotopic (exact) mass is 627 g/mol. The predicted molar refractivity (Wildman–Crippen MR) is 205 cm³/mol. The molecule has 0 bridgehead atoms. The summed E-state index contributed by atoms with van der Waals surface area (Å²) in [5.41, 5.74) is 10.4. The van der Waals surface area contributed by atoms with Crippen LogP contribution in [0.15, 0.2) is 170 Å². The van der Waals surface area contributed by atoms with Gasteiger partial charge in [-0.05, 0) is 64.9 Å². The van der Waals surface area contributed by atoms with E-state index in [1.54, 1.807) is 0 Å². The van der Waals surface area contributed by atoms with Gasteiger partial charge in [0.25, 0.3) is 0 Å². The van der Waals surface area contributed by atoms with Gasteiger partial charge in [0.05, 0.1) is 16.9 Å². The van der Waals surface area contributed by atoms with Crippen LogP contribution in [0, 0.1) is 0 Å². The van der Waals surface area contributed by atoms with Crippen molar-refractivity contribution < 1.29 is 0 Å². The maximum atomic E-state index is 5.45. The Balaban J connectivity index is 1.20. The standard InChI is InChI=1S/C46H33N3/c1-2-14-34(15-3-1)44-45(47-49-43(33-24-25-33)30-36-16-6-9-21-40(36)46(44)49)35-26-28-37(29-27-35)48(41-22-10-17-31-12-4-7-19-38(31)41)42-23-11-18-32-13-5-8-20-39(32)42/h1-23,26-30,33H,24-25H2. The topological polar surface area (TPSA) is 20.5 Å². The molecule has 0 radical (unpaired) electrons. The lowest BCUT2D eigenvalue weighted by molar-refractivity contribution is 0.866. The zero-order valence-electron chi connectivity index (χ0n) is 27.0. The minimum Gasteiger partial charge on any atom is -0.309 e. The summed E-state index contributed by atoms with van der Waals surface area (Å²) in [5, 5.41) is 12.8. The quantitative estimate of drug-likeness (QED) is 0.183. The van der Waals surface area contributed by atoms with Crippen LogP contribution in [-0.2, 0) is 0 Å². The molecule has 0 spiro atoms. The molecule has 49 heavy (non-hydrogen) atoms. The molecule has 3 nitrogen and oxygen atoms in total. The SMILES string of the molecule is c1ccc(-c2c(-c3ccc(N(c4cccc5ccccc45)c4cccc5ccccc45)cc3)nn3c(C4CC4)cc4ccccc4c23)cc1. The molecule has 232 valence electrons. The van der Waals surface area contributed by atoms with E-state index < -0.39 is 0 Å². The Hall–Kier alpha value is -6.19. The Morgan fingerprint density at radius 3 is 1.67 bits per heavy atom. The normalized spacial score (nSPS) is 13.1. The maximum Gasteiger partial charge on any atom is 0.101 e. The Morgan fingerprint density at radius 1 is 0.490 bits per heavy atom. The molecule has 0 N–H and O–H groups in total. The first-order chi connectivity index (χ1) is 24.3. The molecule has 0 saturated heterocycles. The van der Waals surface area contributed by atoms with Crippen molar-refractivity contribution in [2.24, 2.45) is 0 Å². The molecule has 3 heteroatoms.